The summed E-state index contributed by atoms with van der Waals surface area (Å²) in [5.74, 6) is 1.58. The lowest BCUT2D eigenvalue weighted by Crippen LogP contribution is -2.14. The standard InChI is InChI=1S/C16H34O.C8H19N.H3O4P/c1-5-9-11-15(7-3)13-17-14-16(8-4)12-10-6-2;1-2-3-4-5-6-7-8-9;1-5(2,3)4/h15-16H,5-14H2,1-4H3;2-9H2,1H3;(H3,1,2,3,4). The van der Waals surface area contributed by atoms with Crippen LogP contribution in [-0.2, 0) is 9.30 Å². The van der Waals surface area contributed by atoms with Gasteiger partial charge in [-0.25, -0.2) is 4.57 Å². The van der Waals surface area contributed by atoms with Gasteiger partial charge >= 0.3 is 7.82 Å². The predicted octanol–water partition coefficient (Wildman–Crippen LogP) is 6.81. The molecule has 0 aromatic rings. The van der Waals surface area contributed by atoms with Gasteiger partial charge < -0.3 is 25.2 Å². The zero-order chi connectivity index (χ0) is 24.4. The first-order valence-corrected chi connectivity index (χ1v) is 14.3. The Morgan fingerprint density at radius 2 is 1.03 bits per heavy atom. The van der Waals surface area contributed by atoms with Gasteiger partial charge in [-0.05, 0) is 37.6 Å². The van der Waals surface area contributed by atoms with E-state index in [2.05, 4.69) is 34.6 Å². The second-order valence-electron chi connectivity index (χ2n) is 8.44. The molecule has 5 N–H and O–H groups in total. The summed E-state index contributed by atoms with van der Waals surface area (Å²) in [6.45, 7) is 14.2. The molecule has 0 aromatic heterocycles. The van der Waals surface area contributed by atoms with E-state index in [1.807, 2.05) is 0 Å². The molecule has 0 saturated carbocycles. The minimum Gasteiger partial charge on any atom is -0.381 e. The maximum absolute atomic E-state index is 8.88. The van der Waals surface area contributed by atoms with Gasteiger partial charge in [-0.1, -0.05) is 105 Å². The lowest BCUT2D eigenvalue weighted by atomic mass is 9.99. The monoisotopic (exact) mass is 469 g/mol. The van der Waals surface area contributed by atoms with Gasteiger partial charge in [0.15, 0.2) is 0 Å². The van der Waals surface area contributed by atoms with E-state index in [4.69, 9.17) is 29.7 Å². The van der Waals surface area contributed by atoms with Crippen LogP contribution in [0.2, 0.25) is 0 Å². The molecule has 0 fully saturated rings. The number of rotatable bonds is 18. The van der Waals surface area contributed by atoms with E-state index in [0.717, 1.165) is 31.6 Å². The van der Waals surface area contributed by atoms with E-state index in [1.54, 1.807) is 0 Å². The highest BCUT2D eigenvalue weighted by atomic mass is 31.2. The fourth-order valence-corrected chi connectivity index (χ4v) is 3.12. The first kappa shape index (κ1) is 35.6. The van der Waals surface area contributed by atoms with Crippen molar-refractivity contribution in [3.63, 3.8) is 0 Å². The second-order valence-corrected chi connectivity index (χ2v) is 9.47. The highest BCUT2D eigenvalue weighted by molar-refractivity contribution is 7.45. The minimum absolute atomic E-state index is 0.790. The minimum atomic E-state index is -4.64. The Morgan fingerprint density at radius 3 is 1.35 bits per heavy atom. The molecule has 0 aromatic carbocycles. The van der Waals surface area contributed by atoms with Crippen molar-refractivity contribution in [2.45, 2.75) is 125 Å². The molecular formula is C24H56NO5P. The van der Waals surface area contributed by atoms with Crippen LogP contribution in [-0.4, -0.2) is 34.4 Å². The van der Waals surface area contributed by atoms with Crippen molar-refractivity contribution in [1.29, 1.82) is 0 Å². The molecule has 0 radical (unpaired) electrons. The van der Waals surface area contributed by atoms with E-state index >= 15 is 0 Å². The first-order valence-electron chi connectivity index (χ1n) is 12.8. The quantitative estimate of drug-likeness (QED) is 0.129. The number of nitrogens with two attached hydrogens (primary N) is 1. The van der Waals surface area contributed by atoms with E-state index < -0.39 is 7.82 Å². The molecular weight excluding hydrogens is 413 g/mol. The van der Waals surface area contributed by atoms with E-state index in [-0.39, 0.29) is 0 Å². The summed E-state index contributed by atoms with van der Waals surface area (Å²) in [5.41, 5.74) is 5.34. The Morgan fingerprint density at radius 1 is 0.677 bits per heavy atom. The average molecular weight is 470 g/mol. The zero-order valence-electron chi connectivity index (χ0n) is 21.4. The molecule has 0 heterocycles. The number of phosphoric acid groups is 1. The Labute approximate surface area is 194 Å². The van der Waals surface area contributed by atoms with E-state index in [1.165, 1.54) is 89.9 Å². The second kappa shape index (κ2) is 28.1. The van der Waals surface area contributed by atoms with Crippen LogP contribution in [0.4, 0.5) is 0 Å². The molecule has 0 aliphatic carbocycles. The fraction of sp³-hybridized carbons (Fsp3) is 1.00. The predicted molar refractivity (Wildman–Crippen MR) is 134 cm³/mol. The maximum atomic E-state index is 8.88. The largest absolute Gasteiger partial charge is 0.466 e. The van der Waals surface area contributed by atoms with Crippen molar-refractivity contribution in [3.8, 4) is 0 Å². The first-order chi connectivity index (χ1) is 14.7. The molecule has 31 heavy (non-hydrogen) atoms. The molecule has 2 atom stereocenters. The summed E-state index contributed by atoms with van der Waals surface area (Å²) in [6.07, 6.45) is 18.6. The SMILES string of the molecule is CCCCC(CC)COCC(CC)CCCC.CCCCCCCCN.O=P(O)(O)O. The third-order valence-electron chi connectivity index (χ3n) is 5.35. The van der Waals surface area contributed by atoms with Crippen molar-refractivity contribution in [2.24, 2.45) is 17.6 Å². The molecule has 0 amide bonds. The summed E-state index contributed by atoms with van der Waals surface area (Å²) in [5, 5.41) is 0. The van der Waals surface area contributed by atoms with Gasteiger partial charge in [-0.15, -0.1) is 0 Å². The van der Waals surface area contributed by atoms with Gasteiger partial charge in [0.25, 0.3) is 0 Å². The van der Waals surface area contributed by atoms with Crippen molar-refractivity contribution >= 4 is 7.82 Å². The molecule has 192 valence electrons. The topological polar surface area (TPSA) is 113 Å². The van der Waals surface area contributed by atoms with Crippen LogP contribution in [0.3, 0.4) is 0 Å². The van der Waals surface area contributed by atoms with Crippen LogP contribution < -0.4 is 5.73 Å². The van der Waals surface area contributed by atoms with Crippen molar-refractivity contribution < 1.29 is 24.0 Å². The van der Waals surface area contributed by atoms with Crippen LogP contribution >= 0.6 is 7.82 Å². The number of hydrogen-bond donors (Lipinski definition) is 4. The summed E-state index contributed by atoms with van der Waals surface area (Å²) in [6, 6.07) is 0. The fourth-order valence-electron chi connectivity index (χ4n) is 3.12. The molecule has 0 spiro atoms. The van der Waals surface area contributed by atoms with Gasteiger partial charge in [0.05, 0.1) is 0 Å². The third kappa shape index (κ3) is 40.9. The van der Waals surface area contributed by atoms with Crippen LogP contribution in [0.1, 0.15) is 125 Å². The van der Waals surface area contributed by atoms with Gasteiger partial charge in [-0.2, -0.15) is 0 Å². The molecule has 7 heteroatoms. The molecule has 6 nitrogen and oxygen atoms in total. The molecule has 0 rings (SSSR count). The van der Waals surface area contributed by atoms with Crippen LogP contribution in [0, 0.1) is 11.8 Å². The summed E-state index contributed by atoms with van der Waals surface area (Å²) in [4.78, 5) is 21.6. The molecule has 0 aliphatic heterocycles. The Balaban J connectivity index is -0.000000465. The number of ether oxygens (including phenoxy) is 1. The lowest BCUT2D eigenvalue weighted by Gasteiger charge is -2.18. The molecule has 0 bridgehead atoms. The summed E-state index contributed by atoms with van der Waals surface area (Å²) in [7, 11) is -4.64. The van der Waals surface area contributed by atoms with Gasteiger partial charge in [0.2, 0.25) is 0 Å². The Bertz CT molecular complexity index is 336. The van der Waals surface area contributed by atoms with Crippen molar-refractivity contribution in [1.82, 2.24) is 0 Å². The number of unbranched alkanes of at least 4 members (excludes halogenated alkanes) is 7. The summed E-state index contributed by atoms with van der Waals surface area (Å²) >= 11 is 0. The van der Waals surface area contributed by atoms with Crippen molar-refractivity contribution in [3.05, 3.63) is 0 Å². The summed E-state index contributed by atoms with van der Waals surface area (Å²) < 4.78 is 14.8. The normalized spacial score (nSPS) is 12.9. The highest BCUT2D eigenvalue weighted by Gasteiger charge is 2.09. The molecule has 2 unspecified atom stereocenters. The Kier molecular flexibility index (Phi) is 32.2. The lowest BCUT2D eigenvalue weighted by molar-refractivity contribution is 0.0630. The highest BCUT2D eigenvalue weighted by Crippen LogP contribution is 2.25. The van der Waals surface area contributed by atoms with Gasteiger partial charge in [0, 0.05) is 13.2 Å². The zero-order valence-corrected chi connectivity index (χ0v) is 22.3. The molecule has 0 aliphatic rings. The van der Waals surface area contributed by atoms with Crippen molar-refractivity contribution in [2.75, 3.05) is 19.8 Å². The van der Waals surface area contributed by atoms with Crippen LogP contribution in [0.25, 0.3) is 0 Å². The smallest absolute Gasteiger partial charge is 0.381 e. The van der Waals surface area contributed by atoms with Crippen LogP contribution in [0.5, 0.6) is 0 Å². The average Bonchev–Trinajstić information content (AvgIpc) is 2.72. The van der Waals surface area contributed by atoms with Gasteiger partial charge in [-0.3, -0.25) is 0 Å². The number of hydrogen-bond acceptors (Lipinski definition) is 3. The van der Waals surface area contributed by atoms with E-state index in [9.17, 15) is 0 Å². The molecule has 0 saturated heterocycles. The Hall–Kier alpha value is 0.0300. The van der Waals surface area contributed by atoms with Crippen LogP contribution in [0.15, 0.2) is 0 Å². The maximum Gasteiger partial charge on any atom is 0.466 e. The third-order valence-corrected chi connectivity index (χ3v) is 5.35. The van der Waals surface area contributed by atoms with E-state index in [0.29, 0.717) is 0 Å². The van der Waals surface area contributed by atoms with Gasteiger partial charge in [0.1, 0.15) is 0 Å².